The number of aliphatic imine (C=N–C) groups is 1. The predicted molar refractivity (Wildman–Crippen MR) is 50.5 cm³/mol. The van der Waals surface area contributed by atoms with Crippen LogP contribution in [0.5, 0.6) is 0 Å². The molecule has 0 radical (unpaired) electrons. The Morgan fingerprint density at radius 2 is 2.33 bits per heavy atom. The molecule has 12 heavy (non-hydrogen) atoms. The maximum Gasteiger partial charge on any atom is 0.100 e. The molecule has 1 aliphatic heterocycles. The summed E-state index contributed by atoms with van der Waals surface area (Å²) in [4.78, 5) is 4.52. The SMILES string of the molecule is OCC1=NC23C=CC=CC2(C3)S1. The van der Waals surface area contributed by atoms with Gasteiger partial charge in [-0.2, -0.15) is 0 Å². The van der Waals surface area contributed by atoms with Crippen LogP contribution in [0.4, 0.5) is 0 Å². The highest BCUT2D eigenvalue weighted by atomic mass is 32.2. The highest BCUT2D eigenvalue weighted by molar-refractivity contribution is 8.16. The van der Waals surface area contributed by atoms with E-state index in [4.69, 9.17) is 5.11 Å². The Kier molecular flexibility index (Phi) is 1.07. The summed E-state index contributed by atoms with van der Waals surface area (Å²) in [7, 11) is 0. The topological polar surface area (TPSA) is 32.6 Å². The fourth-order valence-corrected chi connectivity index (χ4v) is 3.46. The zero-order valence-corrected chi connectivity index (χ0v) is 7.34. The second-order valence-corrected chi connectivity index (χ2v) is 4.88. The molecular weight excluding hydrogens is 170 g/mol. The van der Waals surface area contributed by atoms with Gasteiger partial charge in [0.25, 0.3) is 0 Å². The van der Waals surface area contributed by atoms with Crippen LogP contribution >= 0.6 is 11.8 Å². The van der Waals surface area contributed by atoms with Gasteiger partial charge < -0.3 is 5.11 Å². The van der Waals surface area contributed by atoms with Crippen molar-refractivity contribution in [1.82, 2.24) is 0 Å². The van der Waals surface area contributed by atoms with Gasteiger partial charge >= 0.3 is 0 Å². The van der Waals surface area contributed by atoms with Crippen molar-refractivity contribution in [3.63, 3.8) is 0 Å². The number of allylic oxidation sites excluding steroid dienone is 2. The number of aliphatic hydroxyl groups excluding tert-OH is 1. The summed E-state index contributed by atoms with van der Waals surface area (Å²) in [6, 6.07) is 0. The van der Waals surface area contributed by atoms with Crippen LogP contribution in [0.25, 0.3) is 0 Å². The average Bonchev–Trinajstić information content (AvgIpc) is 2.62. The van der Waals surface area contributed by atoms with Crippen LogP contribution < -0.4 is 0 Å². The largest absolute Gasteiger partial charge is 0.390 e. The van der Waals surface area contributed by atoms with Crippen molar-refractivity contribution in [1.29, 1.82) is 0 Å². The minimum absolute atomic E-state index is 0.0322. The molecule has 1 saturated carbocycles. The molecule has 0 saturated heterocycles. The first-order chi connectivity index (χ1) is 5.80. The predicted octanol–water partition coefficient (Wildman–Crippen LogP) is 1.13. The first kappa shape index (κ1) is 6.92. The lowest BCUT2D eigenvalue weighted by molar-refractivity contribution is 0.360. The van der Waals surface area contributed by atoms with Gasteiger partial charge in [0.2, 0.25) is 0 Å². The Hall–Kier alpha value is -0.540. The van der Waals surface area contributed by atoms with E-state index in [1.54, 1.807) is 11.8 Å². The van der Waals surface area contributed by atoms with Crippen molar-refractivity contribution in [3.8, 4) is 0 Å². The van der Waals surface area contributed by atoms with Gasteiger partial charge in [0.05, 0.1) is 16.4 Å². The smallest absolute Gasteiger partial charge is 0.100 e. The van der Waals surface area contributed by atoms with Gasteiger partial charge in [0.15, 0.2) is 0 Å². The number of hydrogen-bond acceptors (Lipinski definition) is 3. The minimum atomic E-state index is 0.0322. The Balaban J connectivity index is 2.05. The van der Waals surface area contributed by atoms with E-state index in [1.807, 2.05) is 0 Å². The van der Waals surface area contributed by atoms with E-state index in [1.165, 1.54) is 0 Å². The molecule has 1 fully saturated rings. The summed E-state index contributed by atoms with van der Waals surface area (Å²) in [6.07, 6.45) is 9.61. The summed E-state index contributed by atoms with van der Waals surface area (Å²) in [5.41, 5.74) is 0.0322. The molecule has 2 unspecified atom stereocenters. The van der Waals surface area contributed by atoms with E-state index in [9.17, 15) is 0 Å². The van der Waals surface area contributed by atoms with Crippen LogP contribution in [-0.4, -0.2) is 27.0 Å². The number of nitrogens with zero attached hydrogens (tertiary/aromatic N) is 1. The molecular formula is C9H9NOS. The molecule has 1 heterocycles. The van der Waals surface area contributed by atoms with E-state index in [-0.39, 0.29) is 16.9 Å². The molecule has 0 aromatic carbocycles. The third kappa shape index (κ3) is 0.605. The van der Waals surface area contributed by atoms with Crippen molar-refractivity contribution >= 4 is 16.8 Å². The van der Waals surface area contributed by atoms with Crippen molar-refractivity contribution < 1.29 is 5.11 Å². The van der Waals surface area contributed by atoms with Crippen molar-refractivity contribution in [2.45, 2.75) is 16.7 Å². The van der Waals surface area contributed by atoms with Gasteiger partial charge in [-0.1, -0.05) is 36.1 Å². The lowest BCUT2D eigenvalue weighted by Crippen LogP contribution is -2.13. The molecule has 2 atom stereocenters. The van der Waals surface area contributed by atoms with E-state index in [0.29, 0.717) is 0 Å². The van der Waals surface area contributed by atoms with Gasteiger partial charge in [-0.15, -0.1) is 0 Å². The highest BCUT2D eigenvalue weighted by Crippen LogP contribution is 2.67. The number of hydrogen-bond donors (Lipinski definition) is 1. The number of thioether (sulfide) groups is 1. The fourth-order valence-electron chi connectivity index (χ4n) is 2.04. The van der Waals surface area contributed by atoms with Gasteiger partial charge in [-0.25, -0.2) is 0 Å². The fraction of sp³-hybridized carbons (Fsp3) is 0.444. The third-order valence-electron chi connectivity index (χ3n) is 2.75. The number of aliphatic hydroxyl groups is 1. The molecule has 1 N–H and O–H groups in total. The van der Waals surface area contributed by atoms with E-state index >= 15 is 0 Å². The molecule has 3 aliphatic rings. The van der Waals surface area contributed by atoms with Crippen LogP contribution in [0.2, 0.25) is 0 Å². The summed E-state index contributed by atoms with van der Waals surface area (Å²) in [5.74, 6) is 0. The summed E-state index contributed by atoms with van der Waals surface area (Å²) in [6.45, 7) is 0.0931. The van der Waals surface area contributed by atoms with E-state index < -0.39 is 0 Å². The van der Waals surface area contributed by atoms with Crippen molar-refractivity contribution in [2.24, 2.45) is 4.99 Å². The maximum absolute atomic E-state index is 8.94. The van der Waals surface area contributed by atoms with Crippen LogP contribution in [0.1, 0.15) is 6.42 Å². The van der Waals surface area contributed by atoms with Crippen molar-refractivity contribution in [3.05, 3.63) is 24.3 Å². The quantitative estimate of drug-likeness (QED) is 0.654. The molecule has 3 heteroatoms. The van der Waals surface area contributed by atoms with Crippen LogP contribution in [0, 0.1) is 0 Å². The normalized spacial score (nSPS) is 46.9. The van der Waals surface area contributed by atoms with Gasteiger partial charge in [0, 0.05) is 0 Å². The second kappa shape index (κ2) is 1.86. The summed E-state index contributed by atoms with van der Waals surface area (Å²) in [5, 5.41) is 9.83. The van der Waals surface area contributed by atoms with Crippen molar-refractivity contribution in [2.75, 3.05) is 6.61 Å². The molecule has 0 spiro atoms. The zero-order chi connectivity index (χ0) is 8.23. The first-order valence-corrected chi connectivity index (χ1v) is 4.88. The van der Waals surface area contributed by atoms with Gasteiger partial charge in [0.1, 0.15) is 5.54 Å². The van der Waals surface area contributed by atoms with Gasteiger partial charge in [-0.05, 0) is 6.42 Å². The summed E-state index contributed by atoms with van der Waals surface area (Å²) >= 11 is 1.72. The maximum atomic E-state index is 8.94. The minimum Gasteiger partial charge on any atom is -0.390 e. The molecule has 2 nitrogen and oxygen atoms in total. The lowest BCUT2D eigenvalue weighted by atomic mass is 10.1. The standard InChI is InChI=1S/C9H9NOS/c11-5-7-10-8-3-1-2-4-9(8,6-8)12-7/h1-4,11H,5-6H2. The zero-order valence-electron chi connectivity index (χ0n) is 6.53. The molecule has 2 aliphatic carbocycles. The molecule has 0 bridgehead atoms. The molecule has 0 aromatic heterocycles. The molecule has 62 valence electrons. The first-order valence-electron chi connectivity index (χ1n) is 4.06. The molecule has 0 aromatic rings. The van der Waals surface area contributed by atoms with E-state index in [0.717, 1.165) is 11.5 Å². The molecule has 3 rings (SSSR count). The Labute approximate surface area is 75.1 Å². The van der Waals surface area contributed by atoms with Crippen LogP contribution in [0.3, 0.4) is 0 Å². The van der Waals surface area contributed by atoms with Crippen LogP contribution in [-0.2, 0) is 0 Å². The highest BCUT2D eigenvalue weighted by Gasteiger charge is 2.70. The van der Waals surface area contributed by atoms with E-state index in [2.05, 4.69) is 29.3 Å². The Bertz CT molecular complexity index is 333. The molecule has 0 amide bonds. The summed E-state index contributed by atoms with van der Waals surface area (Å²) < 4.78 is 0.194. The Morgan fingerprint density at radius 1 is 1.50 bits per heavy atom. The van der Waals surface area contributed by atoms with Gasteiger partial charge in [-0.3, -0.25) is 4.99 Å². The second-order valence-electron chi connectivity index (χ2n) is 3.47. The Morgan fingerprint density at radius 3 is 3.08 bits per heavy atom. The monoisotopic (exact) mass is 179 g/mol. The van der Waals surface area contributed by atoms with Crippen LogP contribution in [0.15, 0.2) is 29.3 Å². The number of rotatable bonds is 1. The lowest BCUT2D eigenvalue weighted by Gasteiger charge is -2.09. The third-order valence-corrected chi connectivity index (χ3v) is 4.20. The average molecular weight is 179 g/mol.